The van der Waals surface area contributed by atoms with Gasteiger partial charge >= 0.3 is 0 Å². The lowest BCUT2D eigenvalue weighted by Crippen LogP contribution is -2.37. The van der Waals surface area contributed by atoms with Crippen LogP contribution in [0.2, 0.25) is 0 Å². The van der Waals surface area contributed by atoms with Gasteiger partial charge in [0.25, 0.3) is 5.91 Å². The van der Waals surface area contributed by atoms with Crippen LogP contribution < -0.4 is 16.0 Å². The number of aryl methyl sites for hydroxylation is 1. The molecule has 0 radical (unpaired) electrons. The summed E-state index contributed by atoms with van der Waals surface area (Å²) < 4.78 is 0. The second-order valence-corrected chi connectivity index (χ2v) is 8.26. The maximum atomic E-state index is 12.6. The molecule has 2 aromatic rings. The molecule has 0 bridgehead atoms. The third-order valence-electron chi connectivity index (χ3n) is 5.39. The normalized spacial score (nSPS) is 22.4. The Hall–Kier alpha value is -1.70. The standard InChI is InChI=1S/C19H25N5OS.ClH/c1-12-9-22-18-17(12)15(5-6-21-18)24-7-8-26-16(11-24)19(25)23-10-13-3-2-4-14(13)20;/h5-6,9,11,13-14H,2-4,7-8,10,20H2,1H3,(H,21,22)(H,23,25);1H/t13-,14-;/m1./s1. The molecule has 27 heavy (non-hydrogen) atoms. The van der Waals surface area contributed by atoms with Crippen molar-refractivity contribution < 1.29 is 4.79 Å². The second-order valence-electron chi connectivity index (χ2n) is 7.13. The van der Waals surface area contributed by atoms with Gasteiger partial charge in [0.05, 0.1) is 10.6 Å². The van der Waals surface area contributed by atoms with Crippen LogP contribution >= 0.6 is 24.2 Å². The smallest absolute Gasteiger partial charge is 0.259 e. The quantitative estimate of drug-likeness (QED) is 0.725. The molecule has 1 fully saturated rings. The zero-order chi connectivity index (χ0) is 18.1. The van der Waals surface area contributed by atoms with E-state index in [9.17, 15) is 4.79 Å². The molecule has 3 heterocycles. The summed E-state index contributed by atoms with van der Waals surface area (Å²) in [6.45, 7) is 3.62. The number of carbonyl (C=O) groups excluding carboxylic acids is 1. The number of aromatic nitrogens is 2. The van der Waals surface area contributed by atoms with Crippen molar-refractivity contribution in [3.8, 4) is 0 Å². The van der Waals surface area contributed by atoms with E-state index in [2.05, 4.69) is 27.1 Å². The molecule has 0 spiro atoms. The van der Waals surface area contributed by atoms with Gasteiger partial charge in [-0.1, -0.05) is 6.42 Å². The summed E-state index contributed by atoms with van der Waals surface area (Å²) in [5.41, 5.74) is 9.25. The molecule has 0 unspecified atom stereocenters. The van der Waals surface area contributed by atoms with E-state index in [-0.39, 0.29) is 24.4 Å². The van der Waals surface area contributed by atoms with Crippen LogP contribution in [-0.2, 0) is 4.79 Å². The third kappa shape index (κ3) is 4.10. The van der Waals surface area contributed by atoms with Gasteiger partial charge in [0.1, 0.15) is 5.65 Å². The van der Waals surface area contributed by atoms with E-state index in [1.165, 1.54) is 6.42 Å². The maximum Gasteiger partial charge on any atom is 0.259 e. The number of halogens is 1. The summed E-state index contributed by atoms with van der Waals surface area (Å²) in [5, 5.41) is 4.20. The molecule has 2 aromatic heterocycles. The van der Waals surface area contributed by atoms with Gasteiger partial charge in [-0.3, -0.25) is 4.79 Å². The highest BCUT2D eigenvalue weighted by Crippen LogP contribution is 2.32. The van der Waals surface area contributed by atoms with Gasteiger partial charge in [0, 0.05) is 48.9 Å². The maximum absolute atomic E-state index is 12.6. The van der Waals surface area contributed by atoms with Crippen LogP contribution in [-0.4, -0.2) is 40.8 Å². The van der Waals surface area contributed by atoms with Crippen LogP contribution in [0.25, 0.3) is 11.0 Å². The number of nitrogens with zero attached hydrogens (tertiary/aromatic N) is 2. The topological polar surface area (TPSA) is 87.0 Å². The van der Waals surface area contributed by atoms with Crippen molar-refractivity contribution in [2.24, 2.45) is 11.7 Å². The Labute approximate surface area is 169 Å². The van der Waals surface area contributed by atoms with Crippen molar-refractivity contribution in [3.63, 3.8) is 0 Å². The van der Waals surface area contributed by atoms with Crippen molar-refractivity contribution in [2.45, 2.75) is 32.2 Å². The number of carbonyl (C=O) groups is 1. The molecule has 1 amide bonds. The number of hydrogen-bond donors (Lipinski definition) is 3. The number of thioether (sulfide) groups is 1. The molecule has 8 heteroatoms. The first-order chi connectivity index (χ1) is 12.6. The molecule has 6 nitrogen and oxygen atoms in total. The first-order valence-electron chi connectivity index (χ1n) is 9.21. The number of nitrogens with two attached hydrogens (primary N) is 1. The van der Waals surface area contributed by atoms with Crippen LogP contribution in [0.1, 0.15) is 24.8 Å². The number of amides is 1. The van der Waals surface area contributed by atoms with Crippen LogP contribution in [0.15, 0.2) is 29.6 Å². The number of nitrogens with one attached hydrogen (secondary N) is 2. The molecule has 2 atom stereocenters. The van der Waals surface area contributed by atoms with Crippen LogP contribution in [0, 0.1) is 12.8 Å². The monoisotopic (exact) mass is 407 g/mol. The van der Waals surface area contributed by atoms with Gasteiger partial charge in [0.15, 0.2) is 0 Å². The number of hydrogen-bond acceptors (Lipinski definition) is 5. The molecule has 4 N–H and O–H groups in total. The first-order valence-corrected chi connectivity index (χ1v) is 10.2. The van der Waals surface area contributed by atoms with Crippen molar-refractivity contribution in [1.82, 2.24) is 15.3 Å². The number of aromatic amines is 1. The number of pyridine rings is 1. The molecule has 1 aliphatic carbocycles. The molecule has 0 aromatic carbocycles. The van der Waals surface area contributed by atoms with E-state index in [1.807, 2.05) is 24.7 Å². The zero-order valence-electron chi connectivity index (χ0n) is 15.4. The fraction of sp³-hybridized carbons (Fsp3) is 0.474. The second kappa shape index (κ2) is 8.54. The van der Waals surface area contributed by atoms with Crippen molar-refractivity contribution >= 4 is 46.8 Å². The molecule has 1 aliphatic heterocycles. The lowest BCUT2D eigenvalue weighted by molar-refractivity contribution is -0.117. The van der Waals surface area contributed by atoms with Crippen molar-refractivity contribution in [2.75, 3.05) is 23.7 Å². The van der Waals surface area contributed by atoms with Gasteiger partial charge in [0.2, 0.25) is 0 Å². The number of anilines is 1. The van der Waals surface area contributed by atoms with Crippen LogP contribution in [0.3, 0.4) is 0 Å². The summed E-state index contributed by atoms with van der Waals surface area (Å²) in [6.07, 6.45) is 9.11. The van der Waals surface area contributed by atoms with Gasteiger partial charge in [-0.05, 0) is 37.3 Å². The van der Waals surface area contributed by atoms with Gasteiger partial charge < -0.3 is 20.9 Å². The summed E-state index contributed by atoms with van der Waals surface area (Å²) in [7, 11) is 0. The minimum Gasteiger partial charge on any atom is -0.351 e. The molecule has 0 saturated heterocycles. The largest absolute Gasteiger partial charge is 0.351 e. The summed E-state index contributed by atoms with van der Waals surface area (Å²) in [4.78, 5) is 23.2. The Morgan fingerprint density at radius 1 is 1.48 bits per heavy atom. The van der Waals surface area contributed by atoms with Crippen molar-refractivity contribution in [1.29, 1.82) is 0 Å². The highest BCUT2D eigenvalue weighted by molar-refractivity contribution is 8.04. The van der Waals surface area contributed by atoms with E-state index in [4.69, 9.17) is 5.73 Å². The Balaban J connectivity index is 0.00000210. The average Bonchev–Trinajstić information content (AvgIpc) is 3.25. The summed E-state index contributed by atoms with van der Waals surface area (Å²) in [5.74, 6) is 1.30. The van der Waals surface area contributed by atoms with E-state index >= 15 is 0 Å². The predicted octanol–water partition coefficient (Wildman–Crippen LogP) is 2.93. The number of rotatable bonds is 4. The average molecular weight is 408 g/mol. The van der Waals surface area contributed by atoms with E-state index in [1.54, 1.807) is 11.8 Å². The van der Waals surface area contributed by atoms with E-state index in [0.717, 1.165) is 52.3 Å². The number of fused-ring (bicyclic) bond motifs is 1. The first kappa shape index (κ1) is 20.0. The highest BCUT2D eigenvalue weighted by atomic mass is 35.5. The zero-order valence-corrected chi connectivity index (χ0v) is 17.0. The molecule has 4 rings (SSSR count). The SMILES string of the molecule is Cc1c[nH]c2nccc(N3C=C(C(=O)NC[C@H]4CCC[C@H]4N)SCC3)c12.Cl. The molecular formula is C19H26ClN5OS. The summed E-state index contributed by atoms with van der Waals surface area (Å²) in [6, 6.07) is 2.24. The van der Waals surface area contributed by atoms with Gasteiger partial charge in [-0.25, -0.2) is 4.98 Å². The summed E-state index contributed by atoms with van der Waals surface area (Å²) >= 11 is 1.62. The Bertz CT molecular complexity index is 852. The van der Waals surface area contributed by atoms with Crippen LogP contribution in [0.4, 0.5) is 5.69 Å². The van der Waals surface area contributed by atoms with Gasteiger partial charge in [-0.15, -0.1) is 24.2 Å². The fourth-order valence-electron chi connectivity index (χ4n) is 3.88. The third-order valence-corrected chi connectivity index (χ3v) is 6.38. The Morgan fingerprint density at radius 3 is 3.11 bits per heavy atom. The predicted molar refractivity (Wildman–Crippen MR) is 114 cm³/mol. The number of H-pyrrole nitrogens is 1. The highest BCUT2D eigenvalue weighted by Gasteiger charge is 2.25. The minimum atomic E-state index is 0. The lowest BCUT2D eigenvalue weighted by atomic mass is 10.1. The Kier molecular flexibility index (Phi) is 6.34. The fourth-order valence-corrected chi connectivity index (χ4v) is 4.79. The van der Waals surface area contributed by atoms with E-state index < -0.39 is 0 Å². The van der Waals surface area contributed by atoms with E-state index in [0.29, 0.717) is 12.5 Å². The Morgan fingerprint density at radius 2 is 2.33 bits per heavy atom. The molecule has 1 saturated carbocycles. The molecule has 146 valence electrons. The minimum absolute atomic E-state index is 0. The van der Waals surface area contributed by atoms with Crippen LogP contribution in [0.5, 0.6) is 0 Å². The van der Waals surface area contributed by atoms with Gasteiger partial charge in [-0.2, -0.15) is 0 Å². The molecular weight excluding hydrogens is 382 g/mol. The van der Waals surface area contributed by atoms with Crippen molar-refractivity contribution in [3.05, 3.63) is 35.1 Å². The lowest BCUT2D eigenvalue weighted by Gasteiger charge is -2.27. The molecule has 2 aliphatic rings.